The van der Waals surface area contributed by atoms with E-state index in [0.29, 0.717) is 0 Å². The van der Waals surface area contributed by atoms with Crippen LogP contribution in [0.4, 0.5) is 5.69 Å². The number of H-pyrrole nitrogens is 2. The molecule has 0 bridgehead atoms. The minimum absolute atomic E-state index is 0.0587. The summed E-state index contributed by atoms with van der Waals surface area (Å²) < 4.78 is 11.0. The van der Waals surface area contributed by atoms with E-state index in [1.54, 1.807) is 0 Å². The fourth-order valence-electron chi connectivity index (χ4n) is 2.17. The highest BCUT2D eigenvalue weighted by Crippen LogP contribution is 2.35. The molecule has 1 aromatic carbocycles. The number of hydrogen-bond donors (Lipinski definition) is 4. The zero-order valence-electron chi connectivity index (χ0n) is 11.8. The van der Waals surface area contributed by atoms with Gasteiger partial charge in [-0.2, -0.15) is 0 Å². The lowest BCUT2D eigenvalue weighted by Crippen LogP contribution is -2.29. The molecule has 1 heterocycles. The molecule has 23 heavy (non-hydrogen) atoms. The zero-order valence-corrected chi connectivity index (χ0v) is 12.7. The molecule has 0 saturated carbocycles. The number of nitrogens with one attached hydrogen (secondary N) is 2. The zero-order chi connectivity index (χ0) is 17.4. The Balaban J connectivity index is 2.58. The van der Waals surface area contributed by atoms with Crippen molar-refractivity contribution in [2.45, 2.75) is 6.54 Å². The lowest BCUT2D eigenvalue weighted by molar-refractivity contribution is -0.384. The van der Waals surface area contributed by atoms with E-state index in [1.807, 2.05) is 0 Å². The first-order chi connectivity index (χ1) is 10.6. The largest absolute Gasteiger partial charge is 0.339 e. The highest BCUT2D eigenvalue weighted by Gasteiger charge is 2.19. The molecule has 12 heteroatoms. The van der Waals surface area contributed by atoms with E-state index in [1.165, 1.54) is 18.0 Å². The van der Waals surface area contributed by atoms with E-state index < -0.39 is 29.9 Å². The number of nitrogens with zero attached hydrogens (tertiary/aromatic N) is 2. The molecule has 4 N–H and O–H groups in total. The second-order valence-electron chi connectivity index (χ2n) is 5.01. The van der Waals surface area contributed by atoms with Gasteiger partial charge in [-0.25, -0.2) is 0 Å². The first kappa shape index (κ1) is 17.0. The molecular formula is C11H13N4O7P. The van der Waals surface area contributed by atoms with Crippen molar-refractivity contribution in [2.75, 3.05) is 13.3 Å². The van der Waals surface area contributed by atoms with Gasteiger partial charge in [0.05, 0.1) is 16.0 Å². The third-order valence-electron chi connectivity index (χ3n) is 2.97. The van der Waals surface area contributed by atoms with Crippen LogP contribution >= 0.6 is 7.60 Å². The normalized spacial score (nSPS) is 12.0. The molecule has 124 valence electrons. The summed E-state index contributed by atoms with van der Waals surface area (Å²) in [6.07, 6.45) is -0.565. The first-order valence-electron chi connectivity index (χ1n) is 6.23. The predicted octanol–water partition coefficient (Wildman–Crippen LogP) is -0.308. The van der Waals surface area contributed by atoms with E-state index in [9.17, 15) is 24.3 Å². The monoisotopic (exact) mass is 344 g/mol. The molecule has 0 aliphatic rings. The topological polar surface area (TPSA) is 170 Å². The quantitative estimate of drug-likeness (QED) is 0.248. The van der Waals surface area contributed by atoms with E-state index in [0.717, 1.165) is 6.07 Å². The maximum absolute atomic E-state index is 11.4. The fourth-order valence-corrected chi connectivity index (χ4v) is 2.90. The number of hydrogen-bond acceptors (Lipinski definition) is 6. The van der Waals surface area contributed by atoms with Gasteiger partial charge in [-0.3, -0.25) is 29.2 Å². The number of nitro groups is 1. The third kappa shape index (κ3) is 4.11. The Hall–Kier alpha value is -2.33. The summed E-state index contributed by atoms with van der Waals surface area (Å²) in [4.78, 5) is 56.8. The number of non-ortho nitro benzene ring substituents is 1. The average molecular weight is 344 g/mol. The third-order valence-corrected chi connectivity index (χ3v) is 3.83. The number of rotatable bonds is 5. The Bertz CT molecular complexity index is 928. The standard InChI is InChI=1S/C11H13N4O7P/c1-14(5-23(20,21)22)4-6-2-7(15(18)19)3-8-9(6)13-11(17)10(16)12-8/h2-3H,4-5H2,1H3,(H,12,16)(H,13,17)(H2,20,21,22). The Morgan fingerprint density at radius 1 is 1.26 bits per heavy atom. The summed E-state index contributed by atoms with van der Waals surface area (Å²) in [5.74, 6) is 0. The van der Waals surface area contributed by atoms with Gasteiger partial charge < -0.3 is 19.8 Å². The van der Waals surface area contributed by atoms with E-state index in [2.05, 4.69) is 9.97 Å². The van der Waals surface area contributed by atoms with Crippen LogP contribution in [0.2, 0.25) is 0 Å². The van der Waals surface area contributed by atoms with Crippen molar-refractivity contribution in [3.63, 3.8) is 0 Å². The van der Waals surface area contributed by atoms with Gasteiger partial charge in [0.25, 0.3) is 5.69 Å². The van der Waals surface area contributed by atoms with Crippen molar-refractivity contribution >= 4 is 24.3 Å². The van der Waals surface area contributed by atoms with Crippen molar-refractivity contribution in [3.05, 3.63) is 48.5 Å². The van der Waals surface area contributed by atoms with Gasteiger partial charge in [0.15, 0.2) is 0 Å². The molecule has 0 saturated heterocycles. The van der Waals surface area contributed by atoms with Crippen LogP contribution in [0.1, 0.15) is 5.56 Å². The molecule has 2 aromatic rings. The van der Waals surface area contributed by atoms with Crippen molar-refractivity contribution in [1.29, 1.82) is 0 Å². The van der Waals surface area contributed by atoms with Gasteiger partial charge in [0.1, 0.15) is 6.29 Å². The number of aromatic amines is 2. The molecule has 0 fully saturated rings. The minimum atomic E-state index is -4.31. The van der Waals surface area contributed by atoms with Crippen molar-refractivity contribution < 1.29 is 19.3 Å². The van der Waals surface area contributed by atoms with Crippen molar-refractivity contribution in [2.24, 2.45) is 0 Å². The van der Waals surface area contributed by atoms with Crippen LogP contribution in [0.25, 0.3) is 11.0 Å². The maximum atomic E-state index is 11.4. The summed E-state index contributed by atoms with van der Waals surface area (Å²) in [6, 6.07) is 2.27. The predicted molar refractivity (Wildman–Crippen MR) is 80.2 cm³/mol. The van der Waals surface area contributed by atoms with Gasteiger partial charge >= 0.3 is 18.7 Å². The van der Waals surface area contributed by atoms with E-state index >= 15 is 0 Å². The van der Waals surface area contributed by atoms with Crippen LogP contribution in [0, 0.1) is 10.1 Å². The smallest absolute Gasteiger partial charge is 0.324 e. The van der Waals surface area contributed by atoms with Crippen LogP contribution < -0.4 is 11.1 Å². The lowest BCUT2D eigenvalue weighted by Gasteiger charge is -2.18. The molecule has 0 radical (unpaired) electrons. The lowest BCUT2D eigenvalue weighted by atomic mass is 10.1. The molecule has 0 amide bonds. The van der Waals surface area contributed by atoms with Crippen LogP contribution in [-0.4, -0.2) is 42.9 Å². The number of fused-ring (bicyclic) bond motifs is 1. The molecule has 0 atom stereocenters. The van der Waals surface area contributed by atoms with E-state index in [-0.39, 0.29) is 28.8 Å². The van der Waals surface area contributed by atoms with Gasteiger partial charge in [-0.05, 0) is 12.6 Å². The molecule has 1 aromatic heterocycles. The van der Waals surface area contributed by atoms with Gasteiger partial charge in [0, 0.05) is 18.7 Å². The molecular weight excluding hydrogens is 331 g/mol. The SMILES string of the molecule is CN(Cc1cc([N+](=O)[O-])cc2[nH]c(=O)c(=O)[nH]c12)CP(=O)(O)O. The Kier molecular flexibility index (Phi) is 4.48. The first-order valence-corrected chi connectivity index (χ1v) is 8.03. The van der Waals surface area contributed by atoms with E-state index in [4.69, 9.17) is 9.79 Å². The van der Waals surface area contributed by atoms with Gasteiger partial charge in [0.2, 0.25) is 0 Å². The molecule has 0 unspecified atom stereocenters. The number of aromatic nitrogens is 2. The maximum Gasteiger partial charge on any atom is 0.339 e. The van der Waals surface area contributed by atoms with Crippen LogP contribution in [0.3, 0.4) is 0 Å². The molecule has 0 aliphatic carbocycles. The summed E-state index contributed by atoms with van der Waals surface area (Å²) in [5, 5.41) is 11.0. The van der Waals surface area contributed by atoms with Gasteiger partial charge in [-0.1, -0.05) is 0 Å². The molecule has 0 aliphatic heterocycles. The van der Waals surface area contributed by atoms with Crippen LogP contribution in [0.15, 0.2) is 21.7 Å². The van der Waals surface area contributed by atoms with Gasteiger partial charge in [-0.15, -0.1) is 0 Å². The minimum Gasteiger partial charge on any atom is -0.324 e. The molecule has 0 spiro atoms. The second-order valence-corrected chi connectivity index (χ2v) is 6.63. The summed E-state index contributed by atoms with van der Waals surface area (Å²) in [5.41, 5.74) is -1.72. The van der Waals surface area contributed by atoms with Crippen molar-refractivity contribution in [1.82, 2.24) is 14.9 Å². The highest BCUT2D eigenvalue weighted by atomic mass is 31.2. The second kappa shape index (κ2) is 6.05. The Labute approximate surface area is 127 Å². The molecule has 2 rings (SSSR count). The summed E-state index contributed by atoms with van der Waals surface area (Å²) in [7, 11) is -2.89. The van der Waals surface area contributed by atoms with Crippen LogP contribution in [0.5, 0.6) is 0 Å². The highest BCUT2D eigenvalue weighted by molar-refractivity contribution is 7.51. The average Bonchev–Trinajstić information content (AvgIpc) is 2.38. The molecule has 11 nitrogen and oxygen atoms in total. The number of benzene rings is 1. The summed E-state index contributed by atoms with van der Waals surface area (Å²) >= 11 is 0. The Morgan fingerprint density at radius 3 is 2.43 bits per heavy atom. The fraction of sp³-hybridized carbons (Fsp3) is 0.273. The Morgan fingerprint density at radius 2 is 1.87 bits per heavy atom. The van der Waals surface area contributed by atoms with Crippen LogP contribution in [-0.2, 0) is 11.1 Å². The van der Waals surface area contributed by atoms with Crippen molar-refractivity contribution in [3.8, 4) is 0 Å². The number of nitro benzene ring substituents is 1. The summed E-state index contributed by atoms with van der Waals surface area (Å²) in [6.45, 7) is -0.0781.